The van der Waals surface area contributed by atoms with E-state index in [1.54, 1.807) is 4.90 Å². The van der Waals surface area contributed by atoms with Gasteiger partial charge in [0.2, 0.25) is 5.91 Å². The Morgan fingerprint density at radius 2 is 2.05 bits per heavy atom. The maximum absolute atomic E-state index is 12.1. The van der Waals surface area contributed by atoms with Crippen molar-refractivity contribution in [2.45, 2.75) is 39.5 Å². The number of aromatic nitrogens is 1. The van der Waals surface area contributed by atoms with Crippen molar-refractivity contribution in [2.24, 2.45) is 0 Å². The molecule has 0 aliphatic rings. The summed E-state index contributed by atoms with van der Waals surface area (Å²) < 4.78 is 0. The molecule has 4 heteroatoms. The Morgan fingerprint density at radius 1 is 1.27 bits per heavy atom. The SMILES string of the molecule is CCCCN(C)C(=O)CCc1cc2cc(C)ccc2[nH]c1=O. The van der Waals surface area contributed by atoms with Gasteiger partial charge >= 0.3 is 0 Å². The molecule has 22 heavy (non-hydrogen) atoms. The highest BCUT2D eigenvalue weighted by Crippen LogP contribution is 2.14. The van der Waals surface area contributed by atoms with Gasteiger partial charge in [-0.05, 0) is 43.4 Å². The largest absolute Gasteiger partial charge is 0.346 e. The highest BCUT2D eigenvalue weighted by Gasteiger charge is 2.10. The van der Waals surface area contributed by atoms with Gasteiger partial charge in [-0.3, -0.25) is 9.59 Å². The Bertz CT molecular complexity index is 719. The molecule has 0 aliphatic heterocycles. The molecular weight excluding hydrogens is 276 g/mol. The van der Waals surface area contributed by atoms with Crippen molar-refractivity contribution in [3.63, 3.8) is 0 Å². The number of hydrogen-bond acceptors (Lipinski definition) is 2. The Kier molecular flexibility index (Phi) is 5.36. The van der Waals surface area contributed by atoms with Gasteiger partial charge in [0.25, 0.3) is 5.56 Å². The predicted octanol–water partition coefficient (Wildman–Crippen LogP) is 3.03. The fraction of sp³-hybridized carbons (Fsp3) is 0.444. The highest BCUT2D eigenvalue weighted by molar-refractivity contribution is 5.80. The molecule has 1 heterocycles. The van der Waals surface area contributed by atoms with Crippen molar-refractivity contribution in [1.82, 2.24) is 9.88 Å². The molecule has 118 valence electrons. The number of hydrogen-bond donors (Lipinski definition) is 1. The maximum atomic E-state index is 12.1. The van der Waals surface area contributed by atoms with E-state index in [0.29, 0.717) is 18.4 Å². The lowest BCUT2D eigenvalue weighted by Crippen LogP contribution is -2.28. The maximum Gasteiger partial charge on any atom is 0.251 e. The van der Waals surface area contributed by atoms with Gasteiger partial charge < -0.3 is 9.88 Å². The molecule has 0 aliphatic carbocycles. The number of nitrogens with one attached hydrogen (secondary N) is 1. The molecule has 1 aromatic heterocycles. The number of pyridine rings is 1. The van der Waals surface area contributed by atoms with Gasteiger partial charge in [0.05, 0.1) is 0 Å². The average Bonchev–Trinajstić information content (AvgIpc) is 2.50. The van der Waals surface area contributed by atoms with Crippen LogP contribution >= 0.6 is 0 Å². The molecule has 0 radical (unpaired) electrons. The fourth-order valence-corrected chi connectivity index (χ4v) is 2.51. The molecule has 2 rings (SSSR count). The van der Waals surface area contributed by atoms with Gasteiger partial charge in [0.15, 0.2) is 0 Å². The quantitative estimate of drug-likeness (QED) is 0.891. The molecular formula is C18H24N2O2. The number of unbranched alkanes of at least 4 members (excludes halogenated alkanes) is 1. The molecule has 1 aromatic carbocycles. The molecule has 0 unspecified atom stereocenters. The number of carbonyl (C=O) groups is 1. The summed E-state index contributed by atoms with van der Waals surface area (Å²) in [5.74, 6) is 0.0946. The zero-order valence-corrected chi connectivity index (χ0v) is 13.6. The van der Waals surface area contributed by atoms with Crippen LogP contribution in [0.1, 0.15) is 37.3 Å². The monoisotopic (exact) mass is 300 g/mol. The fourth-order valence-electron chi connectivity index (χ4n) is 2.51. The Labute approximate surface area is 131 Å². The first-order chi connectivity index (χ1) is 10.5. The minimum atomic E-state index is -0.0969. The summed E-state index contributed by atoms with van der Waals surface area (Å²) in [5, 5.41) is 1.02. The van der Waals surface area contributed by atoms with Crippen LogP contribution in [-0.4, -0.2) is 29.4 Å². The Hall–Kier alpha value is -2.10. The molecule has 2 aromatic rings. The number of amides is 1. The molecule has 0 spiro atoms. The van der Waals surface area contributed by atoms with E-state index in [2.05, 4.69) is 11.9 Å². The number of H-pyrrole nitrogens is 1. The molecule has 0 fully saturated rings. The number of aryl methyl sites for hydroxylation is 2. The van der Waals surface area contributed by atoms with Crippen LogP contribution in [0.2, 0.25) is 0 Å². The van der Waals surface area contributed by atoms with Gasteiger partial charge in [-0.25, -0.2) is 0 Å². The van der Waals surface area contributed by atoms with Crippen molar-refractivity contribution in [3.8, 4) is 0 Å². The minimum Gasteiger partial charge on any atom is -0.346 e. The normalized spacial score (nSPS) is 10.9. The summed E-state index contributed by atoms with van der Waals surface area (Å²) in [6.45, 7) is 4.91. The van der Waals surface area contributed by atoms with Crippen molar-refractivity contribution in [3.05, 3.63) is 45.7 Å². The average molecular weight is 300 g/mol. The molecule has 1 N–H and O–H groups in total. The van der Waals surface area contributed by atoms with E-state index in [9.17, 15) is 9.59 Å². The van der Waals surface area contributed by atoms with Crippen LogP contribution in [0.3, 0.4) is 0 Å². The summed E-state index contributed by atoms with van der Waals surface area (Å²) in [4.78, 5) is 28.8. The lowest BCUT2D eigenvalue weighted by Gasteiger charge is -2.16. The van der Waals surface area contributed by atoms with E-state index in [-0.39, 0.29) is 11.5 Å². The zero-order valence-electron chi connectivity index (χ0n) is 13.6. The first-order valence-corrected chi connectivity index (χ1v) is 7.87. The lowest BCUT2D eigenvalue weighted by atomic mass is 10.1. The third-order valence-corrected chi connectivity index (χ3v) is 3.96. The van der Waals surface area contributed by atoms with Crippen LogP contribution in [0.25, 0.3) is 10.9 Å². The topological polar surface area (TPSA) is 53.2 Å². The van der Waals surface area contributed by atoms with E-state index in [0.717, 1.165) is 35.9 Å². The summed E-state index contributed by atoms with van der Waals surface area (Å²) >= 11 is 0. The summed E-state index contributed by atoms with van der Waals surface area (Å²) in [6, 6.07) is 7.84. The van der Waals surface area contributed by atoms with E-state index in [1.165, 1.54) is 0 Å². The zero-order chi connectivity index (χ0) is 16.1. The van der Waals surface area contributed by atoms with Crippen molar-refractivity contribution < 1.29 is 4.79 Å². The predicted molar refractivity (Wildman–Crippen MR) is 90.2 cm³/mol. The summed E-state index contributed by atoms with van der Waals surface area (Å²) in [6.07, 6.45) is 2.94. The van der Waals surface area contributed by atoms with Crippen LogP contribution in [0.4, 0.5) is 0 Å². The summed E-state index contributed by atoms with van der Waals surface area (Å²) in [7, 11) is 1.83. The van der Waals surface area contributed by atoms with E-state index in [1.807, 2.05) is 38.2 Å². The third kappa shape index (κ3) is 3.97. The van der Waals surface area contributed by atoms with Crippen LogP contribution in [0.15, 0.2) is 29.1 Å². The number of nitrogens with zero attached hydrogens (tertiary/aromatic N) is 1. The van der Waals surface area contributed by atoms with Crippen molar-refractivity contribution in [1.29, 1.82) is 0 Å². The molecule has 0 saturated carbocycles. The van der Waals surface area contributed by atoms with Crippen LogP contribution < -0.4 is 5.56 Å². The number of fused-ring (bicyclic) bond motifs is 1. The van der Waals surface area contributed by atoms with Crippen LogP contribution in [-0.2, 0) is 11.2 Å². The molecule has 0 bridgehead atoms. The first-order valence-electron chi connectivity index (χ1n) is 7.87. The molecule has 1 amide bonds. The van der Waals surface area contributed by atoms with E-state index < -0.39 is 0 Å². The Balaban J connectivity index is 2.09. The first kappa shape index (κ1) is 16.3. The van der Waals surface area contributed by atoms with Gasteiger partial charge in [-0.15, -0.1) is 0 Å². The molecule has 0 saturated heterocycles. The second-order valence-electron chi connectivity index (χ2n) is 5.88. The van der Waals surface area contributed by atoms with Gasteiger partial charge in [0.1, 0.15) is 0 Å². The number of carbonyl (C=O) groups excluding carboxylic acids is 1. The van der Waals surface area contributed by atoms with Gasteiger partial charge in [-0.1, -0.05) is 25.0 Å². The molecule has 4 nitrogen and oxygen atoms in total. The van der Waals surface area contributed by atoms with E-state index >= 15 is 0 Å². The van der Waals surface area contributed by atoms with Crippen LogP contribution in [0, 0.1) is 6.92 Å². The number of rotatable bonds is 6. The van der Waals surface area contributed by atoms with Crippen molar-refractivity contribution >= 4 is 16.8 Å². The number of aromatic amines is 1. The van der Waals surface area contributed by atoms with Crippen LogP contribution in [0.5, 0.6) is 0 Å². The van der Waals surface area contributed by atoms with Crippen molar-refractivity contribution in [2.75, 3.05) is 13.6 Å². The molecule has 0 atom stereocenters. The van der Waals surface area contributed by atoms with Gasteiger partial charge in [0, 0.05) is 31.1 Å². The smallest absolute Gasteiger partial charge is 0.251 e. The van der Waals surface area contributed by atoms with Gasteiger partial charge in [-0.2, -0.15) is 0 Å². The minimum absolute atomic E-state index is 0.0946. The lowest BCUT2D eigenvalue weighted by molar-refractivity contribution is -0.129. The second kappa shape index (κ2) is 7.25. The third-order valence-electron chi connectivity index (χ3n) is 3.96. The Morgan fingerprint density at radius 3 is 2.77 bits per heavy atom. The van der Waals surface area contributed by atoms with E-state index in [4.69, 9.17) is 0 Å². The highest BCUT2D eigenvalue weighted by atomic mass is 16.2. The standard InChI is InChI=1S/C18H24N2O2/c1-4-5-10-20(3)17(21)9-7-14-12-15-11-13(2)6-8-16(15)19-18(14)22/h6,8,11-12H,4-5,7,9-10H2,1-3H3,(H,19,22). The number of benzene rings is 1. The second-order valence-corrected chi connectivity index (χ2v) is 5.88. The summed E-state index contributed by atoms with van der Waals surface area (Å²) in [5.41, 5.74) is 2.57.